The molecular weight excluding hydrogens is 236 g/mol. The van der Waals surface area contributed by atoms with E-state index in [9.17, 15) is 4.79 Å². The molecule has 0 heterocycles. The highest BCUT2D eigenvalue weighted by Gasteiger charge is 2.16. The summed E-state index contributed by atoms with van der Waals surface area (Å²) in [7, 11) is 1.91. The maximum Gasteiger partial charge on any atom is 0.222 e. The summed E-state index contributed by atoms with van der Waals surface area (Å²) in [4.78, 5) is 13.8. The SMILES string of the molecule is CC(C)C(N)CCN(C)C(=O)CCCC1CCCC1. The molecule has 1 atom stereocenters. The molecule has 0 saturated heterocycles. The van der Waals surface area contributed by atoms with Gasteiger partial charge in [-0.3, -0.25) is 4.79 Å². The van der Waals surface area contributed by atoms with E-state index in [1.807, 2.05) is 11.9 Å². The minimum absolute atomic E-state index is 0.203. The number of carbonyl (C=O) groups excluding carboxylic acids is 1. The molecule has 1 amide bonds. The van der Waals surface area contributed by atoms with Gasteiger partial charge < -0.3 is 10.6 Å². The molecule has 0 aromatic heterocycles. The van der Waals surface area contributed by atoms with Crippen molar-refractivity contribution >= 4 is 5.91 Å². The molecule has 1 aliphatic carbocycles. The standard InChI is InChI=1S/C16H32N2O/c1-13(2)15(17)11-12-18(3)16(19)10-6-9-14-7-4-5-8-14/h13-15H,4-12,17H2,1-3H3. The number of rotatable bonds is 8. The molecule has 0 radical (unpaired) electrons. The molecule has 112 valence electrons. The van der Waals surface area contributed by atoms with Gasteiger partial charge in [-0.1, -0.05) is 39.5 Å². The molecule has 0 aromatic carbocycles. The maximum absolute atomic E-state index is 12.0. The van der Waals surface area contributed by atoms with Gasteiger partial charge >= 0.3 is 0 Å². The monoisotopic (exact) mass is 268 g/mol. The van der Waals surface area contributed by atoms with E-state index < -0.39 is 0 Å². The van der Waals surface area contributed by atoms with Gasteiger partial charge in [0.15, 0.2) is 0 Å². The summed E-state index contributed by atoms with van der Waals surface area (Å²) in [5.41, 5.74) is 6.01. The molecule has 3 nitrogen and oxygen atoms in total. The van der Waals surface area contributed by atoms with Crippen molar-refractivity contribution in [1.29, 1.82) is 0 Å². The molecule has 2 N–H and O–H groups in total. The van der Waals surface area contributed by atoms with Crippen LogP contribution in [0, 0.1) is 11.8 Å². The third kappa shape index (κ3) is 6.42. The van der Waals surface area contributed by atoms with Gasteiger partial charge in [-0.05, 0) is 31.1 Å². The Bertz CT molecular complexity index is 259. The van der Waals surface area contributed by atoms with Gasteiger partial charge in [-0.15, -0.1) is 0 Å². The molecule has 1 unspecified atom stereocenters. The Hall–Kier alpha value is -0.570. The average molecular weight is 268 g/mol. The van der Waals surface area contributed by atoms with Crippen LogP contribution < -0.4 is 5.73 Å². The number of carbonyl (C=O) groups is 1. The zero-order chi connectivity index (χ0) is 14.3. The van der Waals surface area contributed by atoms with Crippen LogP contribution in [0.5, 0.6) is 0 Å². The minimum atomic E-state index is 0.203. The smallest absolute Gasteiger partial charge is 0.222 e. The molecule has 3 heteroatoms. The average Bonchev–Trinajstić information content (AvgIpc) is 2.88. The normalized spacial score (nSPS) is 17.9. The topological polar surface area (TPSA) is 46.3 Å². The molecule has 0 spiro atoms. The second-order valence-corrected chi connectivity index (χ2v) is 6.55. The summed E-state index contributed by atoms with van der Waals surface area (Å²) in [5, 5.41) is 0. The van der Waals surface area contributed by atoms with E-state index in [2.05, 4.69) is 13.8 Å². The first kappa shape index (κ1) is 16.5. The van der Waals surface area contributed by atoms with Crippen molar-refractivity contribution in [2.45, 2.75) is 71.3 Å². The van der Waals surface area contributed by atoms with Crippen molar-refractivity contribution in [3.05, 3.63) is 0 Å². The zero-order valence-electron chi connectivity index (χ0n) is 13.0. The summed E-state index contributed by atoms with van der Waals surface area (Å²) < 4.78 is 0. The largest absolute Gasteiger partial charge is 0.346 e. The first-order chi connectivity index (χ1) is 9.00. The molecule has 0 aliphatic heterocycles. The molecule has 0 aromatic rings. The number of nitrogens with two attached hydrogens (primary N) is 1. The Morgan fingerprint density at radius 3 is 2.53 bits per heavy atom. The molecule has 1 saturated carbocycles. The van der Waals surface area contributed by atoms with Gasteiger partial charge in [0, 0.05) is 26.1 Å². The van der Waals surface area contributed by atoms with E-state index in [4.69, 9.17) is 5.73 Å². The van der Waals surface area contributed by atoms with E-state index >= 15 is 0 Å². The van der Waals surface area contributed by atoms with Crippen molar-refractivity contribution in [3.8, 4) is 0 Å². The van der Waals surface area contributed by atoms with Crippen LogP contribution in [0.4, 0.5) is 0 Å². The molecule has 19 heavy (non-hydrogen) atoms. The second-order valence-electron chi connectivity index (χ2n) is 6.55. The lowest BCUT2D eigenvalue weighted by Crippen LogP contribution is -2.34. The number of nitrogens with zero attached hydrogens (tertiary/aromatic N) is 1. The van der Waals surface area contributed by atoms with Crippen molar-refractivity contribution in [2.75, 3.05) is 13.6 Å². The Kier molecular flexibility index (Phi) is 7.44. The van der Waals surface area contributed by atoms with Gasteiger partial charge in [-0.2, -0.15) is 0 Å². The summed E-state index contributed by atoms with van der Waals surface area (Å²) in [6.07, 6.45) is 9.47. The lowest BCUT2D eigenvalue weighted by Gasteiger charge is -2.21. The van der Waals surface area contributed by atoms with Crippen LogP contribution in [0.1, 0.15) is 65.2 Å². The highest BCUT2D eigenvalue weighted by Crippen LogP contribution is 2.28. The fourth-order valence-electron chi connectivity index (χ4n) is 2.83. The van der Waals surface area contributed by atoms with E-state index in [-0.39, 0.29) is 11.9 Å². The number of hydrogen-bond acceptors (Lipinski definition) is 2. The third-order valence-electron chi connectivity index (χ3n) is 4.56. The zero-order valence-corrected chi connectivity index (χ0v) is 13.0. The third-order valence-corrected chi connectivity index (χ3v) is 4.56. The Balaban J connectivity index is 2.10. The van der Waals surface area contributed by atoms with E-state index in [1.165, 1.54) is 32.1 Å². The van der Waals surface area contributed by atoms with Gasteiger partial charge in [-0.25, -0.2) is 0 Å². The van der Waals surface area contributed by atoms with Gasteiger partial charge in [0.25, 0.3) is 0 Å². The van der Waals surface area contributed by atoms with Gasteiger partial charge in [0.05, 0.1) is 0 Å². The lowest BCUT2D eigenvalue weighted by molar-refractivity contribution is -0.130. The Morgan fingerprint density at radius 2 is 1.95 bits per heavy atom. The van der Waals surface area contributed by atoms with Crippen LogP contribution in [0.3, 0.4) is 0 Å². The number of hydrogen-bond donors (Lipinski definition) is 1. The van der Waals surface area contributed by atoms with E-state index in [0.717, 1.165) is 25.3 Å². The fourth-order valence-corrected chi connectivity index (χ4v) is 2.83. The van der Waals surface area contributed by atoms with Crippen LogP contribution in [0.25, 0.3) is 0 Å². The minimum Gasteiger partial charge on any atom is -0.346 e. The number of amides is 1. The molecule has 1 rings (SSSR count). The first-order valence-electron chi connectivity index (χ1n) is 8.00. The molecule has 1 fully saturated rings. The van der Waals surface area contributed by atoms with E-state index in [0.29, 0.717) is 12.3 Å². The lowest BCUT2D eigenvalue weighted by atomic mass is 10.00. The molecular formula is C16H32N2O. The second kappa shape index (κ2) is 8.57. The molecule has 1 aliphatic rings. The van der Waals surface area contributed by atoms with Crippen LogP contribution in [-0.4, -0.2) is 30.4 Å². The first-order valence-corrected chi connectivity index (χ1v) is 8.00. The van der Waals surface area contributed by atoms with Crippen molar-refractivity contribution in [1.82, 2.24) is 4.90 Å². The summed E-state index contributed by atoms with van der Waals surface area (Å²) in [6.45, 7) is 5.06. The van der Waals surface area contributed by atoms with Crippen LogP contribution >= 0.6 is 0 Å². The summed E-state index contributed by atoms with van der Waals surface area (Å²) in [6, 6.07) is 0.203. The quantitative estimate of drug-likeness (QED) is 0.735. The predicted octanol–water partition coefficient (Wildman–Crippen LogP) is 3.18. The van der Waals surface area contributed by atoms with Gasteiger partial charge in [0.1, 0.15) is 0 Å². The van der Waals surface area contributed by atoms with Crippen molar-refractivity contribution < 1.29 is 4.79 Å². The predicted molar refractivity (Wildman–Crippen MR) is 80.9 cm³/mol. The highest BCUT2D eigenvalue weighted by atomic mass is 16.2. The van der Waals surface area contributed by atoms with Crippen LogP contribution in [0.15, 0.2) is 0 Å². The van der Waals surface area contributed by atoms with E-state index in [1.54, 1.807) is 0 Å². The summed E-state index contributed by atoms with van der Waals surface area (Å²) >= 11 is 0. The Morgan fingerprint density at radius 1 is 1.32 bits per heavy atom. The van der Waals surface area contributed by atoms with Crippen molar-refractivity contribution in [2.24, 2.45) is 17.6 Å². The van der Waals surface area contributed by atoms with Crippen LogP contribution in [0.2, 0.25) is 0 Å². The Labute approximate surface area is 118 Å². The summed E-state index contributed by atoms with van der Waals surface area (Å²) in [5.74, 6) is 1.67. The highest BCUT2D eigenvalue weighted by molar-refractivity contribution is 5.75. The van der Waals surface area contributed by atoms with Gasteiger partial charge in [0.2, 0.25) is 5.91 Å². The molecule has 0 bridgehead atoms. The van der Waals surface area contributed by atoms with Crippen molar-refractivity contribution in [3.63, 3.8) is 0 Å². The van der Waals surface area contributed by atoms with Crippen LogP contribution in [-0.2, 0) is 4.79 Å². The fraction of sp³-hybridized carbons (Fsp3) is 0.938. The maximum atomic E-state index is 12.0.